The molecule has 1 amide bonds. The van der Waals surface area contributed by atoms with Crippen molar-refractivity contribution in [3.63, 3.8) is 0 Å². The number of likely N-dealkylation sites (N-methyl/N-ethyl adjacent to an activating group) is 1. The maximum absolute atomic E-state index is 11.8. The number of carbonyl (C=O) groups excluding carboxylic acids is 1. The van der Waals surface area contributed by atoms with Crippen molar-refractivity contribution in [2.45, 2.75) is 31.4 Å². The molecule has 2 aliphatic rings. The Labute approximate surface area is 103 Å². The number of ether oxygens (including phenoxy) is 1. The van der Waals surface area contributed by atoms with Crippen LogP contribution in [0.5, 0.6) is 0 Å². The second-order valence-corrected chi connectivity index (χ2v) is 5.07. The third-order valence-corrected chi connectivity index (χ3v) is 3.41. The molecule has 0 aliphatic carbocycles. The highest BCUT2D eigenvalue weighted by Gasteiger charge is 2.22. The van der Waals surface area contributed by atoms with Gasteiger partial charge in [0.2, 0.25) is 5.91 Å². The van der Waals surface area contributed by atoms with Gasteiger partial charge in [0.15, 0.2) is 0 Å². The zero-order valence-electron chi connectivity index (χ0n) is 10.6. The summed E-state index contributed by atoms with van der Waals surface area (Å²) in [5, 5.41) is 6.35. The van der Waals surface area contributed by atoms with E-state index in [-0.39, 0.29) is 12.0 Å². The highest BCUT2D eigenvalue weighted by molar-refractivity contribution is 5.76. The van der Waals surface area contributed by atoms with Crippen LogP contribution in [-0.2, 0) is 9.53 Å². The van der Waals surface area contributed by atoms with Crippen molar-refractivity contribution in [3.05, 3.63) is 0 Å². The van der Waals surface area contributed by atoms with Crippen LogP contribution in [0.1, 0.15) is 19.3 Å². The number of likely N-dealkylation sites (tertiary alicyclic amines) is 1. The summed E-state index contributed by atoms with van der Waals surface area (Å²) in [5.74, 6) is 0.124. The molecule has 5 nitrogen and oxygen atoms in total. The standard InChI is InChI=1S/C12H23N3O2/c1-15-5-2-3-10(9-15)14-12(16)7-11-8-13-4-6-17-11/h10-11,13H,2-9H2,1H3,(H,14,16). The Bertz CT molecular complexity index is 254. The summed E-state index contributed by atoms with van der Waals surface area (Å²) in [4.78, 5) is 14.1. The van der Waals surface area contributed by atoms with Crippen molar-refractivity contribution in [3.8, 4) is 0 Å². The molecule has 2 unspecified atom stereocenters. The number of hydrogen-bond donors (Lipinski definition) is 2. The summed E-state index contributed by atoms with van der Waals surface area (Å²) in [6, 6.07) is 0.317. The van der Waals surface area contributed by atoms with Crippen molar-refractivity contribution in [2.24, 2.45) is 0 Å². The summed E-state index contributed by atoms with van der Waals surface area (Å²) in [6.45, 7) is 4.51. The van der Waals surface area contributed by atoms with E-state index >= 15 is 0 Å². The summed E-state index contributed by atoms with van der Waals surface area (Å²) >= 11 is 0. The van der Waals surface area contributed by atoms with Crippen molar-refractivity contribution in [2.75, 3.05) is 39.8 Å². The van der Waals surface area contributed by atoms with Crippen LogP contribution in [0, 0.1) is 0 Å². The summed E-state index contributed by atoms with van der Waals surface area (Å²) in [5.41, 5.74) is 0. The Balaban J connectivity index is 1.68. The van der Waals surface area contributed by atoms with Crippen molar-refractivity contribution >= 4 is 5.91 Å². The van der Waals surface area contributed by atoms with E-state index in [0.717, 1.165) is 32.6 Å². The van der Waals surface area contributed by atoms with E-state index in [2.05, 4.69) is 22.6 Å². The molecule has 2 N–H and O–H groups in total. The molecule has 2 atom stereocenters. The van der Waals surface area contributed by atoms with Crippen molar-refractivity contribution in [1.29, 1.82) is 0 Å². The average molecular weight is 241 g/mol. The first-order valence-corrected chi connectivity index (χ1v) is 6.54. The van der Waals surface area contributed by atoms with Crippen LogP contribution >= 0.6 is 0 Å². The molecule has 2 rings (SSSR count). The van der Waals surface area contributed by atoms with Crippen LogP contribution in [0.25, 0.3) is 0 Å². The number of carbonyl (C=O) groups is 1. The predicted molar refractivity (Wildman–Crippen MR) is 65.9 cm³/mol. The molecule has 17 heavy (non-hydrogen) atoms. The molecule has 0 saturated carbocycles. The second-order valence-electron chi connectivity index (χ2n) is 5.07. The molecule has 5 heteroatoms. The van der Waals surface area contributed by atoms with Crippen molar-refractivity contribution < 1.29 is 9.53 Å². The second kappa shape index (κ2) is 6.33. The zero-order valence-corrected chi connectivity index (χ0v) is 10.6. The normalized spacial score (nSPS) is 31.1. The van der Waals surface area contributed by atoms with Gasteiger partial charge in [-0.25, -0.2) is 0 Å². The number of piperidine rings is 1. The molecule has 0 radical (unpaired) electrons. The molecule has 0 aromatic carbocycles. The van der Waals surface area contributed by atoms with Gasteiger partial charge in [-0.15, -0.1) is 0 Å². The average Bonchev–Trinajstić information content (AvgIpc) is 2.30. The van der Waals surface area contributed by atoms with E-state index in [1.807, 2.05) is 0 Å². The van der Waals surface area contributed by atoms with Crippen molar-refractivity contribution in [1.82, 2.24) is 15.5 Å². The topological polar surface area (TPSA) is 53.6 Å². The van der Waals surface area contributed by atoms with Crippen LogP contribution in [0.15, 0.2) is 0 Å². The summed E-state index contributed by atoms with van der Waals surface area (Å²) in [7, 11) is 2.10. The van der Waals surface area contributed by atoms with Gasteiger partial charge >= 0.3 is 0 Å². The molecule has 0 spiro atoms. The Morgan fingerprint density at radius 2 is 2.47 bits per heavy atom. The van der Waals surface area contributed by atoms with Gasteiger partial charge in [0, 0.05) is 25.7 Å². The van der Waals surface area contributed by atoms with Crippen LogP contribution in [0.4, 0.5) is 0 Å². The molecule has 2 saturated heterocycles. The van der Waals surface area contributed by atoms with Gasteiger partial charge in [-0.1, -0.05) is 0 Å². The first kappa shape index (κ1) is 12.8. The highest BCUT2D eigenvalue weighted by atomic mass is 16.5. The number of hydrogen-bond acceptors (Lipinski definition) is 4. The Morgan fingerprint density at radius 1 is 1.59 bits per heavy atom. The van der Waals surface area contributed by atoms with Gasteiger partial charge in [0.25, 0.3) is 0 Å². The zero-order chi connectivity index (χ0) is 12.1. The smallest absolute Gasteiger partial charge is 0.222 e. The molecule has 2 aliphatic heterocycles. The maximum Gasteiger partial charge on any atom is 0.222 e. The van der Waals surface area contributed by atoms with E-state index in [1.54, 1.807) is 0 Å². The molecule has 0 aromatic rings. The number of rotatable bonds is 3. The van der Waals surface area contributed by atoms with E-state index in [4.69, 9.17) is 4.74 Å². The highest BCUT2D eigenvalue weighted by Crippen LogP contribution is 2.09. The Kier molecular flexibility index (Phi) is 4.76. The van der Waals surface area contributed by atoms with Gasteiger partial charge in [-0.05, 0) is 26.4 Å². The monoisotopic (exact) mass is 241 g/mol. The fourth-order valence-electron chi connectivity index (χ4n) is 2.53. The maximum atomic E-state index is 11.8. The van der Waals surface area contributed by atoms with Gasteiger partial charge in [0.05, 0.1) is 19.1 Å². The molecule has 2 heterocycles. The van der Waals surface area contributed by atoms with E-state index in [9.17, 15) is 4.79 Å². The van der Waals surface area contributed by atoms with Gasteiger partial charge in [-0.3, -0.25) is 4.79 Å². The van der Waals surface area contributed by atoms with Gasteiger partial charge < -0.3 is 20.3 Å². The van der Waals surface area contributed by atoms with Gasteiger partial charge in [-0.2, -0.15) is 0 Å². The molecule has 98 valence electrons. The SMILES string of the molecule is CN1CCCC(NC(=O)CC2CNCCO2)C1. The third kappa shape index (κ3) is 4.26. The molecular formula is C12H23N3O2. The predicted octanol–water partition coefficient (Wildman–Crippen LogP) is -0.425. The van der Waals surface area contributed by atoms with E-state index in [1.165, 1.54) is 6.42 Å². The molecular weight excluding hydrogens is 218 g/mol. The fraction of sp³-hybridized carbons (Fsp3) is 0.917. The lowest BCUT2D eigenvalue weighted by molar-refractivity contribution is -0.125. The molecule has 0 aromatic heterocycles. The lowest BCUT2D eigenvalue weighted by Gasteiger charge is -2.31. The minimum absolute atomic E-state index is 0.0464. The lowest BCUT2D eigenvalue weighted by Crippen LogP contribution is -2.48. The number of morpholine rings is 1. The first-order valence-electron chi connectivity index (χ1n) is 6.54. The Hall–Kier alpha value is -0.650. The number of amides is 1. The first-order chi connectivity index (χ1) is 8.24. The lowest BCUT2D eigenvalue weighted by atomic mass is 10.1. The minimum Gasteiger partial charge on any atom is -0.375 e. The number of nitrogens with zero attached hydrogens (tertiary/aromatic N) is 1. The summed E-state index contributed by atoms with van der Waals surface area (Å²) in [6.07, 6.45) is 2.79. The molecule has 0 bridgehead atoms. The number of nitrogens with one attached hydrogen (secondary N) is 2. The van der Waals surface area contributed by atoms with Crippen LogP contribution in [0.2, 0.25) is 0 Å². The van der Waals surface area contributed by atoms with E-state index < -0.39 is 0 Å². The molecule has 2 fully saturated rings. The van der Waals surface area contributed by atoms with Crippen LogP contribution in [0.3, 0.4) is 0 Å². The third-order valence-electron chi connectivity index (χ3n) is 3.41. The Morgan fingerprint density at radius 3 is 3.18 bits per heavy atom. The van der Waals surface area contributed by atoms with Crippen LogP contribution in [-0.4, -0.2) is 62.8 Å². The minimum atomic E-state index is 0.0464. The van der Waals surface area contributed by atoms with Gasteiger partial charge in [0.1, 0.15) is 0 Å². The quantitative estimate of drug-likeness (QED) is 0.704. The fourth-order valence-corrected chi connectivity index (χ4v) is 2.53. The largest absolute Gasteiger partial charge is 0.375 e. The summed E-state index contributed by atoms with van der Waals surface area (Å²) < 4.78 is 5.53. The van der Waals surface area contributed by atoms with Crippen LogP contribution < -0.4 is 10.6 Å². The van der Waals surface area contributed by atoms with E-state index in [0.29, 0.717) is 19.1 Å².